The third kappa shape index (κ3) is 2.58. The fraction of sp³-hybridized carbons (Fsp3) is 0.562. The molecule has 1 aromatic heterocycles. The number of aromatic nitrogens is 2. The number of fused-ring (bicyclic) bond motifs is 1. The molecule has 3 rings (SSSR count). The number of hydrogen-bond donors (Lipinski definition) is 1. The summed E-state index contributed by atoms with van der Waals surface area (Å²) in [5, 5.41) is 9.61. The molecule has 1 aliphatic rings. The van der Waals surface area contributed by atoms with Crippen molar-refractivity contribution >= 4 is 10.9 Å². The lowest BCUT2D eigenvalue weighted by Gasteiger charge is -2.23. The van der Waals surface area contributed by atoms with Crippen molar-refractivity contribution in [2.24, 2.45) is 0 Å². The van der Waals surface area contributed by atoms with Crippen LogP contribution in [0.4, 0.5) is 0 Å². The fourth-order valence-corrected chi connectivity index (χ4v) is 3.03. The van der Waals surface area contributed by atoms with Gasteiger partial charge in [-0.2, -0.15) is 5.10 Å². The van der Waals surface area contributed by atoms with Crippen LogP contribution in [0, 0.1) is 6.92 Å². The maximum Gasteiger partial charge on any atom is 0.0726 e. The number of nitrogens with one attached hydrogen (secondary N) is 1. The van der Waals surface area contributed by atoms with Crippen LogP contribution >= 0.6 is 0 Å². The average molecular weight is 273 g/mol. The van der Waals surface area contributed by atoms with Gasteiger partial charge in [0.2, 0.25) is 0 Å². The van der Waals surface area contributed by atoms with E-state index in [1.165, 1.54) is 22.2 Å². The van der Waals surface area contributed by atoms with Gasteiger partial charge < -0.3 is 10.1 Å². The van der Waals surface area contributed by atoms with Crippen molar-refractivity contribution in [1.82, 2.24) is 15.1 Å². The van der Waals surface area contributed by atoms with E-state index in [1.54, 1.807) is 7.11 Å². The van der Waals surface area contributed by atoms with Crippen LogP contribution in [0.1, 0.15) is 30.1 Å². The van der Waals surface area contributed by atoms with E-state index in [9.17, 15) is 0 Å². The second-order valence-corrected chi connectivity index (χ2v) is 5.64. The summed E-state index contributed by atoms with van der Waals surface area (Å²) in [7, 11) is 1.75. The number of piperidine rings is 1. The molecule has 4 heteroatoms. The van der Waals surface area contributed by atoms with Gasteiger partial charge in [-0.25, -0.2) is 0 Å². The van der Waals surface area contributed by atoms with Crippen LogP contribution in [0.25, 0.3) is 10.9 Å². The number of hydrogen-bond acceptors (Lipinski definition) is 3. The number of benzene rings is 1. The maximum absolute atomic E-state index is 5.22. The highest BCUT2D eigenvalue weighted by Crippen LogP contribution is 2.27. The molecule has 0 aliphatic carbocycles. The molecule has 0 spiro atoms. The van der Waals surface area contributed by atoms with E-state index in [2.05, 4.69) is 35.1 Å². The highest BCUT2D eigenvalue weighted by atomic mass is 16.5. The molecule has 1 aliphatic heterocycles. The molecule has 1 saturated heterocycles. The maximum atomic E-state index is 5.22. The molecule has 0 amide bonds. The Morgan fingerprint density at radius 2 is 2.15 bits per heavy atom. The van der Waals surface area contributed by atoms with Gasteiger partial charge in [0.05, 0.1) is 23.9 Å². The first-order valence-electron chi connectivity index (χ1n) is 7.47. The van der Waals surface area contributed by atoms with Crippen LogP contribution in [0.15, 0.2) is 18.2 Å². The molecule has 0 saturated carbocycles. The zero-order valence-corrected chi connectivity index (χ0v) is 12.4. The van der Waals surface area contributed by atoms with Gasteiger partial charge in [0.1, 0.15) is 0 Å². The van der Waals surface area contributed by atoms with Gasteiger partial charge in [-0.05, 0) is 45.0 Å². The van der Waals surface area contributed by atoms with Crippen LogP contribution in [0.2, 0.25) is 0 Å². The zero-order chi connectivity index (χ0) is 13.9. The molecule has 4 nitrogen and oxygen atoms in total. The molecule has 1 N–H and O–H groups in total. The molecular weight excluding hydrogens is 250 g/mol. The van der Waals surface area contributed by atoms with Crippen LogP contribution < -0.4 is 5.32 Å². The van der Waals surface area contributed by atoms with Crippen molar-refractivity contribution < 1.29 is 4.74 Å². The lowest BCUT2D eigenvalue weighted by atomic mass is 10.1. The van der Waals surface area contributed by atoms with Crippen molar-refractivity contribution in [3.05, 3.63) is 29.5 Å². The van der Waals surface area contributed by atoms with E-state index < -0.39 is 0 Å². The van der Waals surface area contributed by atoms with Crippen LogP contribution in [-0.2, 0) is 11.2 Å². The highest BCUT2D eigenvalue weighted by Gasteiger charge is 2.20. The summed E-state index contributed by atoms with van der Waals surface area (Å²) < 4.78 is 7.47. The Kier molecular flexibility index (Phi) is 4.03. The highest BCUT2D eigenvalue weighted by molar-refractivity contribution is 5.83. The normalized spacial score (nSPS) is 16.9. The van der Waals surface area contributed by atoms with Crippen molar-refractivity contribution in [1.29, 1.82) is 0 Å². The number of ether oxygens (including phenoxy) is 1. The molecular formula is C16H23N3O. The van der Waals surface area contributed by atoms with E-state index in [0.29, 0.717) is 6.04 Å². The first kappa shape index (κ1) is 13.6. The number of aryl methyl sites for hydroxylation is 1. The van der Waals surface area contributed by atoms with Gasteiger partial charge in [0.25, 0.3) is 0 Å². The first-order chi connectivity index (χ1) is 9.79. The van der Waals surface area contributed by atoms with Crippen LogP contribution in [0.5, 0.6) is 0 Å². The van der Waals surface area contributed by atoms with E-state index in [0.717, 1.165) is 39.0 Å². The van der Waals surface area contributed by atoms with Crippen molar-refractivity contribution in [2.45, 2.75) is 32.2 Å². The average Bonchev–Trinajstić information content (AvgIpc) is 2.84. The molecule has 0 atom stereocenters. The van der Waals surface area contributed by atoms with Crippen LogP contribution in [-0.4, -0.2) is 36.6 Å². The Morgan fingerprint density at radius 1 is 1.35 bits per heavy atom. The predicted octanol–water partition coefficient (Wildman–Crippen LogP) is 2.46. The second-order valence-electron chi connectivity index (χ2n) is 5.64. The summed E-state index contributed by atoms with van der Waals surface area (Å²) in [6, 6.07) is 7.18. The number of nitrogens with zero attached hydrogens (tertiary/aromatic N) is 2. The zero-order valence-electron chi connectivity index (χ0n) is 12.4. The number of rotatable bonds is 4. The topological polar surface area (TPSA) is 39.1 Å². The predicted molar refractivity (Wildman–Crippen MR) is 81.2 cm³/mol. The molecule has 2 aromatic rings. The molecule has 2 heterocycles. The van der Waals surface area contributed by atoms with Crippen molar-refractivity contribution in [2.75, 3.05) is 26.8 Å². The smallest absolute Gasteiger partial charge is 0.0726 e. The van der Waals surface area contributed by atoms with Gasteiger partial charge in [-0.1, -0.05) is 11.6 Å². The van der Waals surface area contributed by atoms with E-state index in [-0.39, 0.29) is 0 Å². The molecule has 0 unspecified atom stereocenters. The second kappa shape index (κ2) is 5.94. The Morgan fingerprint density at radius 3 is 2.90 bits per heavy atom. The Bertz CT molecular complexity index is 585. The minimum Gasteiger partial charge on any atom is -0.384 e. The fourth-order valence-electron chi connectivity index (χ4n) is 3.03. The standard InChI is InChI=1S/C16H23N3O/c1-12-3-4-16-14(11-12)15(7-10-20-2)18-19(16)13-5-8-17-9-6-13/h3-4,11,13,17H,5-10H2,1-2H3. The Labute approximate surface area is 120 Å². The van der Waals surface area contributed by atoms with E-state index in [1.807, 2.05) is 0 Å². The van der Waals surface area contributed by atoms with Gasteiger partial charge in [-0.15, -0.1) is 0 Å². The lowest BCUT2D eigenvalue weighted by Crippen LogP contribution is -2.29. The van der Waals surface area contributed by atoms with Crippen molar-refractivity contribution in [3.8, 4) is 0 Å². The summed E-state index contributed by atoms with van der Waals surface area (Å²) in [6.45, 7) is 5.05. The van der Waals surface area contributed by atoms with Gasteiger partial charge in [-0.3, -0.25) is 4.68 Å². The SMILES string of the molecule is COCCc1nn(C2CCNCC2)c2ccc(C)cc12. The summed E-state index contributed by atoms with van der Waals surface area (Å²) >= 11 is 0. The third-order valence-electron chi connectivity index (χ3n) is 4.14. The van der Waals surface area contributed by atoms with E-state index >= 15 is 0 Å². The van der Waals surface area contributed by atoms with Crippen LogP contribution in [0.3, 0.4) is 0 Å². The summed E-state index contributed by atoms with van der Waals surface area (Å²) in [6.07, 6.45) is 3.21. The molecule has 20 heavy (non-hydrogen) atoms. The van der Waals surface area contributed by atoms with Crippen molar-refractivity contribution in [3.63, 3.8) is 0 Å². The molecule has 1 fully saturated rings. The molecule has 1 aromatic carbocycles. The summed E-state index contributed by atoms with van der Waals surface area (Å²) in [5.74, 6) is 0. The Balaban J connectivity index is 2.02. The minimum absolute atomic E-state index is 0.526. The van der Waals surface area contributed by atoms with E-state index in [4.69, 9.17) is 9.84 Å². The van der Waals surface area contributed by atoms with Gasteiger partial charge >= 0.3 is 0 Å². The monoisotopic (exact) mass is 273 g/mol. The van der Waals surface area contributed by atoms with Gasteiger partial charge in [0, 0.05) is 18.9 Å². The van der Waals surface area contributed by atoms with Gasteiger partial charge in [0.15, 0.2) is 0 Å². The lowest BCUT2D eigenvalue weighted by molar-refractivity contribution is 0.201. The summed E-state index contributed by atoms with van der Waals surface area (Å²) in [4.78, 5) is 0. The molecule has 0 bridgehead atoms. The largest absolute Gasteiger partial charge is 0.384 e. The molecule has 0 radical (unpaired) electrons. The quantitative estimate of drug-likeness (QED) is 0.930. The third-order valence-corrected chi connectivity index (χ3v) is 4.14. The molecule has 108 valence electrons. The summed E-state index contributed by atoms with van der Waals surface area (Å²) in [5.41, 5.74) is 3.73. The first-order valence-corrected chi connectivity index (χ1v) is 7.47. The Hall–Kier alpha value is -1.39. The minimum atomic E-state index is 0.526. The number of methoxy groups -OCH3 is 1.